The summed E-state index contributed by atoms with van der Waals surface area (Å²) in [6.07, 6.45) is 0. The number of halogens is 1. The Morgan fingerprint density at radius 1 is 1.39 bits per heavy atom. The number of benzene rings is 1. The maximum atomic E-state index is 13.0. The van der Waals surface area contributed by atoms with Crippen LogP contribution in [0, 0.1) is 12.7 Å². The Morgan fingerprint density at radius 3 is 2.78 bits per heavy atom. The maximum Gasteiger partial charge on any atom is 0.254 e. The molecule has 0 aliphatic rings. The fourth-order valence-electron chi connectivity index (χ4n) is 1.78. The fourth-order valence-corrected chi connectivity index (χ4v) is 2.54. The lowest BCUT2D eigenvalue weighted by Crippen LogP contribution is -2.26. The molecule has 18 heavy (non-hydrogen) atoms. The molecule has 0 spiro atoms. The molecule has 0 saturated heterocycles. The molecule has 0 unspecified atom stereocenters. The van der Waals surface area contributed by atoms with Crippen molar-refractivity contribution in [3.63, 3.8) is 0 Å². The molecule has 1 heterocycles. The molecule has 0 aliphatic carbocycles. The van der Waals surface area contributed by atoms with E-state index in [2.05, 4.69) is 0 Å². The van der Waals surface area contributed by atoms with Gasteiger partial charge in [-0.25, -0.2) is 4.39 Å². The third-order valence-corrected chi connectivity index (χ3v) is 3.60. The molecule has 2 aromatic rings. The summed E-state index contributed by atoms with van der Waals surface area (Å²) in [6.45, 7) is 2.32. The number of carbonyl (C=O) groups is 1. The SMILES string of the molecule is Cc1cc(F)ccc1C(=O)N(C)Cc1cccs1. The van der Waals surface area contributed by atoms with E-state index in [4.69, 9.17) is 0 Å². The van der Waals surface area contributed by atoms with Crippen molar-refractivity contribution < 1.29 is 9.18 Å². The van der Waals surface area contributed by atoms with Gasteiger partial charge in [-0.15, -0.1) is 11.3 Å². The first-order valence-electron chi connectivity index (χ1n) is 5.62. The number of nitrogens with zero attached hydrogens (tertiary/aromatic N) is 1. The molecule has 1 amide bonds. The second-order valence-electron chi connectivity index (χ2n) is 4.20. The summed E-state index contributed by atoms with van der Waals surface area (Å²) in [7, 11) is 1.75. The van der Waals surface area contributed by atoms with Gasteiger partial charge in [0.2, 0.25) is 0 Å². The van der Waals surface area contributed by atoms with Crippen LogP contribution in [0.2, 0.25) is 0 Å². The molecular weight excluding hydrogens is 249 g/mol. The third kappa shape index (κ3) is 2.76. The Labute approximate surface area is 110 Å². The van der Waals surface area contributed by atoms with E-state index in [0.717, 1.165) is 4.88 Å². The highest BCUT2D eigenvalue weighted by molar-refractivity contribution is 7.09. The lowest BCUT2D eigenvalue weighted by molar-refractivity contribution is 0.0785. The van der Waals surface area contributed by atoms with Crippen LogP contribution in [0.3, 0.4) is 0 Å². The van der Waals surface area contributed by atoms with E-state index in [1.807, 2.05) is 17.5 Å². The highest BCUT2D eigenvalue weighted by Crippen LogP contribution is 2.16. The molecule has 0 atom stereocenters. The second-order valence-corrected chi connectivity index (χ2v) is 5.23. The molecule has 0 N–H and O–H groups in total. The van der Waals surface area contributed by atoms with Crippen molar-refractivity contribution in [2.45, 2.75) is 13.5 Å². The van der Waals surface area contributed by atoms with Crippen LogP contribution >= 0.6 is 11.3 Å². The summed E-state index contributed by atoms with van der Waals surface area (Å²) >= 11 is 1.62. The van der Waals surface area contributed by atoms with Gasteiger partial charge in [-0.05, 0) is 42.1 Å². The summed E-state index contributed by atoms with van der Waals surface area (Å²) in [5.41, 5.74) is 1.22. The molecule has 0 fully saturated rings. The van der Waals surface area contributed by atoms with Gasteiger partial charge in [-0.2, -0.15) is 0 Å². The maximum absolute atomic E-state index is 13.0. The Kier molecular flexibility index (Phi) is 3.77. The van der Waals surface area contributed by atoms with E-state index in [9.17, 15) is 9.18 Å². The van der Waals surface area contributed by atoms with Gasteiger partial charge in [0.05, 0.1) is 6.54 Å². The van der Waals surface area contributed by atoms with Gasteiger partial charge in [-0.3, -0.25) is 4.79 Å². The molecule has 2 rings (SSSR count). The monoisotopic (exact) mass is 263 g/mol. The largest absolute Gasteiger partial charge is 0.337 e. The van der Waals surface area contributed by atoms with Gasteiger partial charge in [0.25, 0.3) is 5.91 Å². The average molecular weight is 263 g/mol. The lowest BCUT2D eigenvalue weighted by atomic mass is 10.1. The summed E-state index contributed by atoms with van der Waals surface area (Å²) in [5, 5.41) is 1.98. The molecule has 2 nitrogen and oxygen atoms in total. The standard InChI is InChI=1S/C14H14FNOS/c1-10-8-11(15)5-6-13(10)14(17)16(2)9-12-4-3-7-18-12/h3-8H,9H2,1-2H3. The highest BCUT2D eigenvalue weighted by atomic mass is 32.1. The average Bonchev–Trinajstić information content (AvgIpc) is 2.81. The first-order chi connectivity index (χ1) is 8.58. The van der Waals surface area contributed by atoms with E-state index in [0.29, 0.717) is 17.7 Å². The molecule has 4 heteroatoms. The van der Waals surface area contributed by atoms with Crippen molar-refractivity contribution in [2.24, 2.45) is 0 Å². The van der Waals surface area contributed by atoms with E-state index in [-0.39, 0.29) is 11.7 Å². The number of hydrogen-bond acceptors (Lipinski definition) is 2. The molecular formula is C14H14FNOS. The van der Waals surface area contributed by atoms with Crippen molar-refractivity contribution in [2.75, 3.05) is 7.05 Å². The van der Waals surface area contributed by atoms with Crippen LogP contribution in [0.1, 0.15) is 20.8 Å². The molecule has 0 aliphatic heterocycles. The van der Waals surface area contributed by atoms with Crippen molar-refractivity contribution in [1.82, 2.24) is 4.90 Å². The van der Waals surface area contributed by atoms with Crippen molar-refractivity contribution >= 4 is 17.2 Å². The van der Waals surface area contributed by atoms with Gasteiger partial charge in [0.1, 0.15) is 5.82 Å². The first-order valence-corrected chi connectivity index (χ1v) is 6.50. The fraction of sp³-hybridized carbons (Fsp3) is 0.214. The zero-order chi connectivity index (χ0) is 13.1. The van der Waals surface area contributed by atoms with Crippen molar-refractivity contribution in [3.05, 3.63) is 57.5 Å². The Morgan fingerprint density at radius 2 is 2.17 bits per heavy atom. The minimum absolute atomic E-state index is 0.0825. The zero-order valence-corrected chi connectivity index (χ0v) is 11.1. The zero-order valence-electron chi connectivity index (χ0n) is 10.3. The predicted molar refractivity (Wildman–Crippen MR) is 71.3 cm³/mol. The molecule has 0 bridgehead atoms. The molecule has 94 valence electrons. The van der Waals surface area contributed by atoms with Crippen LogP contribution in [0.25, 0.3) is 0 Å². The Balaban J connectivity index is 2.15. The normalized spacial score (nSPS) is 10.4. The summed E-state index contributed by atoms with van der Waals surface area (Å²) < 4.78 is 13.0. The smallest absolute Gasteiger partial charge is 0.254 e. The third-order valence-electron chi connectivity index (χ3n) is 2.74. The number of aryl methyl sites for hydroxylation is 1. The van der Waals surface area contributed by atoms with E-state index < -0.39 is 0 Å². The van der Waals surface area contributed by atoms with Crippen LogP contribution < -0.4 is 0 Å². The minimum atomic E-state index is -0.315. The van der Waals surface area contributed by atoms with Crippen LogP contribution in [0.5, 0.6) is 0 Å². The van der Waals surface area contributed by atoms with E-state index >= 15 is 0 Å². The summed E-state index contributed by atoms with van der Waals surface area (Å²) in [4.78, 5) is 15.0. The number of thiophene rings is 1. The van der Waals surface area contributed by atoms with Crippen LogP contribution in [0.4, 0.5) is 4.39 Å². The lowest BCUT2D eigenvalue weighted by Gasteiger charge is -2.17. The summed E-state index contributed by atoms with van der Waals surface area (Å²) in [5.74, 6) is -0.397. The molecule has 0 radical (unpaired) electrons. The van der Waals surface area contributed by atoms with Gasteiger partial charge in [-0.1, -0.05) is 6.07 Å². The Hall–Kier alpha value is -1.68. The quantitative estimate of drug-likeness (QED) is 0.830. The topological polar surface area (TPSA) is 20.3 Å². The number of hydrogen-bond donors (Lipinski definition) is 0. The van der Waals surface area contributed by atoms with Gasteiger partial charge < -0.3 is 4.90 Å². The predicted octanol–water partition coefficient (Wildman–Crippen LogP) is 3.47. The summed E-state index contributed by atoms with van der Waals surface area (Å²) in [6, 6.07) is 8.19. The van der Waals surface area contributed by atoms with Crippen LogP contribution in [-0.2, 0) is 6.54 Å². The number of carbonyl (C=O) groups excluding carboxylic acids is 1. The molecule has 0 saturated carbocycles. The first kappa shape index (κ1) is 12.8. The van der Waals surface area contributed by atoms with Gasteiger partial charge in [0, 0.05) is 17.5 Å². The van der Waals surface area contributed by atoms with Gasteiger partial charge in [0.15, 0.2) is 0 Å². The second kappa shape index (κ2) is 5.31. The Bertz CT molecular complexity index is 551. The number of amides is 1. The van der Waals surface area contributed by atoms with E-state index in [1.165, 1.54) is 18.2 Å². The number of rotatable bonds is 3. The van der Waals surface area contributed by atoms with Crippen LogP contribution in [0.15, 0.2) is 35.7 Å². The van der Waals surface area contributed by atoms with Crippen molar-refractivity contribution in [1.29, 1.82) is 0 Å². The van der Waals surface area contributed by atoms with Gasteiger partial charge >= 0.3 is 0 Å². The highest BCUT2D eigenvalue weighted by Gasteiger charge is 2.14. The molecule has 1 aromatic heterocycles. The van der Waals surface area contributed by atoms with Crippen molar-refractivity contribution in [3.8, 4) is 0 Å². The molecule has 1 aromatic carbocycles. The van der Waals surface area contributed by atoms with Crippen LogP contribution in [-0.4, -0.2) is 17.9 Å². The van der Waals surface area contributed by atoms with E-state index in [1.54, 1.807) is 30.2 Å². The minimum Gasteiger partial charge on any atom is -0.337 e.